The highest BCUT2D eigenvalue weighted by Gasteiger charge is 2.43. The van der Waals surface area contributed by atoms with Crippen molar-refractivity contribution in [3.63, 3.8) is 0 Å². The summed E-state index contributed by atoms with van der Waals surface area (Å²) < 4.78 is 0. The molecule has 0 radical (unpaired) electrons. The Labute approximate surface area is 233 Å². The van der Waals surface area contributed by atoms with Gasteiger partial charge in [-0.05, 0) is 49.0 Å². The van der Waals surface area contributed by atoms with Crippen LogP contribution in [-0.4, -0.2) is 49.5 Å². The number of hydrazine groups is 1. The van der Waals surface area contributed by atoms with Crippen molar-refractivity contribution in [1.29, 1.82) is 5.26 Å². The van der Waals surface area contributed by atoms with Crippen LogP contribution in [0.4, 0.5) is 0 Å². The van der Waals surface area contributed by atoms with Gasteiger partial charge in [0.05, 0.1) is 11.5 Å². The first kappa shape index (κ1) is 30.3. The fourth-order valence-electron chi connectivity index (χ4n) is 5.28. The summed E-state index contributed by atoms with van der Waals surface area (Å²) in [5.41, 5.74) is 4.86. The van der Waals surface area contributed by atoms with Crippen LogP contribution >= 0.6 is 24.8 Å². The summed E-state index contributed by atoms with van der Waals surface area (Å²) in [7, 11) is 3.70. The molecule has 0 spiro atoms. The van der Waals surface area contributed by atoms with Gasteiger partial charge in [0.1, 0.15) is 5.41 Å². The molecule has 37 heavy (non-hydrogen) atoms. The third kappa shape index (κ3) is 6.52. The highest BCUT2D eigenvalue weighted by molar-refractivity contribution is 5.88. The van der Waals surface area contributed by atoms with Gasteiger partial charge in [-0.15, -0.1) is 24.8 Å². The van der Waals surface area contributed by atoms with E-state index in [9.17, 15) is 10.1 Å². The van der Waals surface area contributed by atoms with Crippen LogP contribution in [0.1, 0.15) is 36.0 Å². The van der Waals surface area contributed by atoms with Crippen molar-refractivity contribution in [2.24, 2.45) is 0 Å². The molecular formula is C30H36Cl2N4O. The summed E-state index contributed by atoms with van der Waals surface area (Å²) in [6.07, 6.45) is 2.18. The number of halogens is 2. The van der Waals surface area contributed by atoms with Gasteiger partial charge in [-0.1, -0.05) is 91.0 Å². The third-order valence-electron chi connectivity index (χ3n) is 7.32. The second kappa shape index (κ2) is 13.6. The molecule has 196 valence electrons. The first-order valence-corrected chi connectivity index (χ1v) is 12.3. The zero-order valence-corrected chi connectivity index (χ0v) is 23.1. The number of nitrogens with zero attached hydrogens (tertiary/aromatic N) is 3. The third-order valence-corrected chi connectivity index (χ3v) is 7.32. The molecule has 1 aliphatic heterocycles. The number of benzene rings is 3. The molecule has 1 fully saturated rings. The lowest BCUT2D eigenvalue weighted by atomic mass is 9.71. The van der Waals surface area contributed by atoms with Crippen molar-refractivity contribution in [3.05, 3.63) is 108 Å². The second-order valence-corrected chi connectivity index (χ2v) is 9.62. The Morgan fingerprint density at radius 2 is 1.35 bits per heavy atom. The Morgan fingerprint density at radius 1 is 0.892 bits per heavy atom. The molecule has 1 amide bonds. The standard InChI is InChI=1S/C30H34N4O.2ClH/c1-33(2)32-28(35)29(25-12-6-3-7-13-25)18-21-34(22-19-29)23-20-30(24-31,26-14-8-4-9-15-26)27-16-10-5-11-17-27;;/h3-17H,18-23H2,1-2H3,(H,32,35);2*1H. The van der Waals surface area contributed by atoms with Crippen LogP contribution in [0.5, 0.6) is 0 Å². The lowest BCUT2D eigenvalue weighted by molar-refractivity contribution is -0.132. The highest BCUT2D eigenvalue weighted by atomic mass is 35.5. The largest absolute Gasteiger partial charge is 0.303 e. The monoisotopic (exact) mass is 538 g/mol. The van der Waals surface area contributed by atoms with Crippen LogP contribution in [0.15, 0.2) is 91.0 Å². The predicted molar refractivity (Wildman–Crippen MR) is 154 cm³/mol. The summed E-state index contributed by atoms with van der Waals surface area (Å²) in [5.74, 6) is 0.0493. The van der Waals surface area contributed by atoms with Crippen molar-refractivity contribution in [2.75, 3.05) is 33.7 Å². The average Bonchev–Trinajstić information content (AvgIpc) is 2.91. The summed E-state index contributed by atoms with van der Waals surface area (Å²) in [5, 5.41) is 12.2. The van der Waals surface area contributed by atoms with Gasteiger partial charge in [-0.2, -0.15) is 5.26 Å². The Morgan fingerprint density at radius 3 is 1.78 bits per heavy atom. The number of nitriles is 1. The quantitative estimate of drug-likeness (QED) is 0.392. The summed E-state index contributed by atoms with van der Waals surface area (Å²) in [4.78, 5) is 15.8. The number of carbonyl (C=O) groups excluding carboxylic acids is 1. The van der Waals surface area contributed by atoms with E-state index in [4.69, 9.17) is 0 Å². The van der Waals surface area contributed by atoms with Gasteiger partial charge >= 0.3 is 0 Å². The van der Waals surface area contributed by atoms with Gasteiger partial charge in [0, 0.05) is 20.6 Å². The number of hydrogen-bond donors (Lipinski definition) is 1. The lowest BCUT2D eigenvalue weighted by Crippen LogP contribution is -2.54. The van der Waals surface area contributed by atoms with Crippen molar-refractivity contribution in [3.8, 4) is 6.07 Å². The van der Waals surface area contributed by atoms with Gasteiger partial charge in [0.25, 0.3) is 0 Å². The van der Waals surface area contributed by atoms with Gasteiger partial charge in [-0.3, -0.25) is 10.2 Å². The number of likely N-dealkylation sites (tertiary alicyclic amines) is 1. The minimum atomic E-state index is -0.710. The average molecular weight is 540 g/mol. The number of rotatable bonds is 8. The first-order valence-electron chi connectivity index (χ1n) is 12.3. The van der Waals surface area contributed by atoms with Crippen LogP contribution in [0.25, 0.3) is 0 Å². The lowest BCUT2D eigenvalue weighted by Gasteiger charge is -2.42. The zero-order valence-electron chi connectivity index (χ0n) is 21.5. The Bertz CT molecular complexity index is 1100. The summed E-state index contributed by atoms with van der Waals surface area (Å²) >= 11 is 0. The predicted octanol–water partition coefficient (Wildman–Crippen LogP) is 5.36. The fraction of sp³-hybridized carbons (Fsp3) is 0.333. The van der Waals surface area contributed by atoms with E-state index in [-0.39, 0.29) is 30.7 Å². The first-order chi connectivity index (χ1) is 17.0. The number of amides is 1. The molecule has 1 N–H and O–H groups in total. The minimum absolute atomic E-state index is 0. The van der Waals surface area contributed by atoms with Crippen LogP contribution in [0.2, 0.25) is 0 Å². The molecule has 3 aromatic rings. The summed E-state index contributed by atoms with van der Waals surface area (Å²) in [6.45, 7) is 2.40. The summed E-state index contributed by atoms with van der Waals surface area (Å²) in [6, 6.07) is 33.0. The zero-order chi connectivity index (χ0) is 24.7. The molecular weight excluding hydrogens is 503 g/mol. The Hall–Kier alpha value is -2.88. The molecule has 0 bridgehead atoms. The molecule has 0 aliphatic carbocycles. The van der Waals surface area contributed by atoms with Crippen molar-refractivity contribution < 1.29 is 4.79 Å². The van der Waals surface area contributed by atoms with Crippen molar-refractivity contribution >= 4 is 30.7 Å². The van der Waals surface area contributed by atoms with Gasteiger partial charge in [0.2, 0.25) is 5.91 Å². The van der Waals surface area contributed by atoms with E-state index >= 15 is 0 Å². The Kier molecular flexibility index (Phi) is 11.2. The number of piperidine rings is 1. The van der Waals surface area contributed by atoms with Crippen LogP contribution in [-0.2, 0) is 15.6 Å². The van der Waals surface area contributed by atoms with E-state index in [0.29, 0.717) is 6.42 Å². The molecule has 1 heterocycles. The number of hydrogen-bond acceptors (Lipinski definition) is 4. The smallest absolute Gasteiger partial charge is 0.245 e. The molecule has 1 aliphatic rings. The molecule has 1 saturated heterocycles. The molecule has 4 rings (SSSR count). The van der Waals surface area contributed by atoms with Gasteiger partial charge in [-0.25, -0.2) is 5.01 Å². The second-order valence-electron chi connectivity index (χ2n) is 9.62. The van der Waals surface area contributed by atoms with Gasteiger partial charge < -0.3 is 4.90 Å². The molecule has 5 nitrogen and oxygen atoms in total. The maximum atomic E-state index is 13.4. The maximum Gasteiger partial charge on any atom is 0.245 e. The van der Waals surface area contributed by atoms with E-state index in [1.54, 1.807) is 5.01 Å². The SMILES string of the molecule is CN(C)NC(=O)C1(c2ccccc2)CCN(CCC(C#N)(c2ccccc2)c2ccccc2)CC1.Cl.Cl. The van der Waals surface area contributed by atoms with Crippen LogP contribution in [0.3, 0.4) is 0 Å². The molecule has 0 unspecified atom stereocenters. The van der Waals surface area contributed by atoms with E-state index in [2.05, 4.69) is 52.8 Å². The van der Waals surface area contributed by atoms with E-state index in [1.165, 1.54) is 0 Å². The van der Waals surface area contributed by atoms with Crippen molar-refractivity contribution in [1.82, 2.24) is 15.3 Å². The van der Waals surface area contributed by atoms with Gasteiger partial charge in [0.15, 0.2) is 0 Å². The van der Waals surface area contributed by atoms with E-state index in [1.807, 2.05) is 68.7 Å². The topological polar surface area (TPSA) is 59.4 Å². The normalized spacial score (nSPS) is 15.1. The molecule has 0 saturated carbocycles. The van der Waals surface area contributed by atoms with Crippen LogP contribution in [0, 0.1) is 11.3 Å². The highest BCUT2D eigenvalue weighted by Crippen LogP contribution is 2.38. The minimum Gasteiger partial charge on any atom is -0.303 e. The van der Waals surface area contributed by atoms with E-state index < -0.39 is 10.8 Å². The molecule has 3 aromatic carbocycles. The maximum absolute atomic E-state index is 13.4. The molecule has 0 atom stereocenters. The number of nitrogens with one attached hydrogen (secondary N) is 1. The fourth-order valence-corrected chi connectivity index (χ4v) is 5.28. The van der Waals surface area contributed by atoms with Crippen molar-refractivity contribution in [2.45, 2.75) is 30.1 Å². The molecule has 7 heteroatoms. The number of carbonyl (C=O) groups is 1. The van der Waals surface area contributed by atoms with Crippen LogP contribution < -0.4 is 5.43 Å². The molecule has 0 aromatic heterocycles. The Balaban J connectivity index is 0.00000241. The van der Waals surface area contributed by atoms with E-state index in [0.717, 1.165) is 49.2 Å².